The number of amides is 2. The van der Waals surface area contributed by atoms with E-state index in [4.69, 9.17) is 16.3 Å². The molecule has 0 aromatic heterocycles. The number of hydrogen-bond acceptors (Lipinski definition) is 4. The van der Waals surface area contributed by atoms with E-state index in [1.165, 1.54) is 6.21 Å². The topological polar surface area (TPSA) is 79.8 Å². The molecule has 0 unspecified atom stereocenters. The number of hydrazone groups is 1. The maximum atomic E-state index is 12.8. The Morgan fingerprint density at radius 1 is 1.17 bits per heavy atom. The van der Waals surface area contributed by atoms with Crippen LogP contribution in [0.4, 0.5) is 18.9 Å². The number of rotatable bonds is 6. The Labute approximate surface area is 169 Å². The van der Waals surface area contributed by atoms with Gasteiger partial charge in [0.2, 0.25) is 0 Å². The molecule has 2 amide bonds. The summed E-state index contributed by atoms with van der Waals surface area (Å²) in [5, 5.41) is 5.16. The third-order valence-corrected chi connectivity index (χ3v) is 3.67. The molecule has 0 fully saturated rings. The number of carbonyl (C=O) groups excluding carboxylic acids is 2. The smallest absolute Gasteiger partial charge is 0.417 e. The maximum absolute atomic E-state index is 12.8. The second kappa shape index (κ2) is 9.74. The first-order valence-corrected chi connectivity index (χ1v) is 8.43. The number of carbonyl (C=O) groups is 2. The summed E-state index contributed by atoms with van der Waals surface area (Å²) >= 11 is 5.50. The van der Waals surface area contributed by atoms with Crippen molar-refractivity contribution in [2.24, 2.45) is 5.10 Å². The minimum atomic E-state index is -4.70. The van der Waals surface area contributed by atoms with Crippen molar-refractivity contribution >= 4 is 35.3 Å². The monoisotopic (exact) mass is 425 g/mol. The van der Waals surface area contributed by atoms with Crippen molar-refractivity contribution in [1.82, 2.24) is 5.43 Å². The van der Waals surface area contributed by atoms with Crippen molar-refractivity contribution in [1.29, 1.82) is 0 Å². The lowest BCUT2D eigenvalue weighted by atomic mass is 10.2. The van der Waals surface area contributed by atoms with Crippen LogP contribution in [0, 0.1) is 0 Å². The van der Waals surface area contributed by atoms with Gasteiger partial charge in [0.25, 0.3) is 0 Å². The lowest BCUT2D eigenvalue weighted by Crippen LogP contribution is -2.32. The molecule has 0 atom stereocenters. The summed E-state index contributed by atoms with van der Waals surface area (Å²) in [4.78, 5) is 23.6. The van der Waals surface area contributed by atoms with E-state index in [1.54, 1.807) is 30.3 Å². The first kappa shape index (κ1) is 22.0. The Morgan fingerprint density at radius 3 is 2.62 bits per heavy atom. The molecule has 0 aliphatic rings. The highest BCUT2D eigenvalue weighted by Crippen LogP contribution is 2.36. The van der Waals surface area contributed by atoms with Crippen molar-refractivity contribution in [3.8, 4) is 5.75 Å². The molecule has 2 rings (SSSR count). The van der Waals surface area contributed by atoms with E-state index in [-0.39, 0.29) is 5.69 Å². The predicted octanol–water partition coefficient (Wildman–Crippen LogP) is 4.01. The summed E-state index contributed by atoms with van der Waals surface area (Å²) in [5.41, 5.74) is 1.20. The fourth-order valence-corrected chi connectivity index (χ4v) is 2.29. The molecule has 29 heavy (non-hydrogen) atoms. The van der Waals surface area contributed by atoms with Crippen molar-refractivity contribution in [2.45, 2.75) is 6.18 Å². The number of nitrogens with zero attached hydrogens (tertiary/aromatic N) is 1. The number of ether oxygens (including phenoxy) is 1. The SMILES string of the molecule is C=CCOc1cccc(/C=N\NC(=O)C(=O)Nc2ccc(Cl)c(C(F)(F)F)c2)c1. The van der Waals surface area contributed by atoms with E-state index >= 15 is 0 Å². The zero-order valence-corrected chi connectivity index (χ0v) is 15.6. The average molecular weight is 426 g/mol. The summed E-state index contributed by atoms with van der Waals surface area (Å²) in [5.74, 6) is -1.80. The summed E-state index contributed by atoms with van der Waals surface area (Å²) < 4.78 is 43.9. The number of alkyl halides is 3. The third-order valence-electron chi connectivity index (χ3n) is 3.34. The first-order valence-electron chi connectivity index (χ1n) is 8.05. The Balaban J connectivity index is 1.97. The van der Waals surface area contributed by atoms with Gasteiger partial charge < -0.3 is 10.1 Å². The average Bonchev–Trinajstić information content (AvgIpc) is 2.67. The number of nitrogens with one attached hydrogen (secondary N) is 2. The Kier molecular flexibility index (Phi) is 7.38. The van der Waals surface area contributed by atoms with Gasteiger partial charge >= 0.3 is 18.0 Å². The molecule has 10 heteroatoms. The molecular weight excluding hydrogens is 411 g/mol. The van der Waals surface area contributed by atoms with Crippen LogP contribution in [0.25, 0.3) is 0 Å². The molecule has 0 saturated carbocycles. The van der Waals surface area contributed by atoms with Crippen LogP contribution in [0.2, 0.25) is 5.02 Å². The van der Waals surface area contributed by atoms with Crippen LogP contribution >= 0.6 is 11.6 Å². The standard InChI is InChI=1S/C19H15ClF3N3O3/c1-2-8-29-14-5-3-4-12(9-14)11-24-26-18(28)17(27)25-13-6-7-16(20)15(10-13)19(21,22)23/h2-7,9-11H,1,8H2,(H,25,27)(H,26,28)/b24-11-. The van der Waals surface area contributed by atoms with Gasteiger partial charge in [0.05, 0.1) is 16.8 Å². The lowest BCUT2D eigenvalue weighted by Gasteiger charge is -2.11. The van der Waals surface area contributed by atoms with Crippen molar-refractivity contribution in [3.63, 3.8) is 0 Å². The van der Waals surface area contributed by atoms with Gasteiger partial charge in [0.15, 0.2) is 0 Å². The molecule has 2 N–H and O–H groups in total. The zero-order valence-electron chi connectivity index (χ0n) is 14.8. The molecule has 0 bridgehead atoms. The van der Waals surface area contributed by atoms with Gasteiger partial charge in [0.1, 0.15) is 12.4 Å². The molecule has 0 heterocycles. The molecule has 2 aromatic rings. The van der Waals surface area contributed by atoms with E-state index in [1.807, 2.05) is 10.7 Å². The van der Waals surface area contributed by atoms with Crippen LogP contribution in [0.3, 0.4) is 0 Å². The molecule has 0 aliphatic heterocycles. The number of halogens is 4. The highest BCUT2D eigenvalue weighted by Gasteiger charge is 2.33. The van der Waals surface area contributed by atoms with Crippen LogP contribution in [0.15, 0.2) is 60.2 Å². The summed E-state index contributed by atoms with van der Waals surface area (Å²) in [6.45, 7) is 3.85. The highest BCUT2D eigenvalue weighted by atomic mass is 35.5. The van der Waals surface area contributed by atoms with Crippen LogP contribution in [0.1, 0.15) is 11.1 Å². The minimum Gasteiger partial charge on any atom is -0.490 e. The van der Waals surface area contributed by atoms with E-state index < -0.39 is 28.6 Å². The van der Waals surface area contributed by atoms with E-state index in [9.17, 15) is 22.8 Å². The molecule has 0 aliphatic carbocycles. The molecule has 152 valence electrons. The normalized spacial score (nSPS) is 11.2. The minimum absolute atomic E-state index is 0.238. The van der Waals surface area contributed by atoms with Gasteiger partial charge in [-0.05, 0) is 35.9 Å². The largest absolute Gasteiger partial charge is 0.490 e. The van der Waals surface area contributed by atoms with E-state index in [2.05, 4.69) is 11.7 Å². The van der Waals surface area contributed by atoms with E-state index in [0.29, 0.717) is 24.0 Å². The second-order valence-electron chi connectivity index (χ2n) is 5.52. The molecule has 0 saturated heterocycles. The summed E-state index contributed by atoms with van der Waals surface area (Å²) in [6.07, 6.45) is -1.84. The van der Waals surface area contributed by atoms with Crippen LogP contribution in [-0.4, -0.2) is 24.6 Å². The van der Waals surface area contributed by atoms with Crippen molar-refractivity contribution in [3.05, 3.63) is 71.3 Å². The van der Waals surface area contributed by atoms with Gasteiger partial charge in [-0.15, -0.1) is 0 Å². The fourth-order valence-electron chi connectivity index (χ4n) is 2.06. The number of benzene rings is 2. The van der Waals surface area contributed by atoms with Crippen LogP contribution in [0.5, 0.6) is 5.75 Å². The predicted molar refractivity (Wildman–Crippen MR) is 103 cm³/mol. The van der Waals surface area contributed by atoms with E-state index in [0.717, 1.165) is 12.1 Å². The Hall–Kier alpha value is -3.33. The van der Waals surface area contributed by atoms with Gasteiger partial charge in [0, 0.05) is 5.69 Å². The molecule has 0 radical (unpaired) electrons. The van der Waals surface area contributed by atoms with Crippen LogP contribution < -0.4 is 15.5 Å². The third kappa shape index (κ3) is 6.65. The zero-order chi connectivity index (χ0) is 21.4. The fraction of sp³-hybridized carbons (Fsp3) is 0.105. The maximum Gasteiger partial charge on any atom is 0.417 e. The molecule has 6 nitrogen and oxygen atoms in total. The number of hydrogen-bond donors (Lipinski definition) is 2. The first-order chi connectivity index (χ1) is 13.7. The quantitative estimate of drug-likeness (QED) is 0.317. The Morgan fingerprint density at radius 2 is 1.93 bits per heavy atom. The van der Waals surface area contributed by atoms with Gasteiger partial charge in [-0.1, -0.05) is 36.4 Å². The van der Waals surface area contributed by atoms with Crippen LogP contribution in [-0.2, 0) is 15.8 Å². The van der Waals surface area contributed by atoms with Gasteiger partial charge in [-0.25, -0.2) is 5.43 Å². The number of anilines is 1. The van der Waals surface area contributed by atoms with Gasteiger partial charge in [-0.3, -0.25) is 9.59 Å². The molecular formula is C19H15ClF3N3O3. The lowest BCUT2D eigenvalue weighted by molar-refractivity contribution is -0.137. The molecule has 2 aromatic carbocycles. The highest BCUT2D eigenvalue weighted by molar-refractivity contribution is 6.39. The van der Waals surface area contributed by atoms with Gasteiger partial charge in [-0.2, -0.15) is 18.3 Å². The second-order valence-corrected chi connectivity index (χ2v) is 5.93. The molecule has 0 spiro atoms. The van der Waals surface area contributed by atoms with Crippen molar-refractivity contribution < 1.29 is 27.5 Å². The van der Waals surface area contributed by atoms with Crippen molar-refractivity contribution in [2.75, 3.05) is 11.9 Å². The Bertz CT molecular complexity index is 946. The summed E-state index contributed by atoms with van der Waals surface area (Å²) in [6, 6.07) is 9.49. The summed E-state index contributed by atoms with van der Waals surface area (Å²) in [7, 11) is 0.